The van der Waals surface area contributed by atoms with Crippen molar-refractivity contribution in [2.75, 3.05) is 20.3 Å². The Bertz CT molecular complexity index is 1090. The van der Waals surface area contributed by atoms with Gasteiger partial charge in [-0.3, -0.25) is 9.59 Å². The van der Waals surface area contributed by atoms with Gasteiger partial charge in [-0.2, -0.15) is 5.10 Å². The Hall–Kier alpha value is -3.47. The molecule has 0 fully saturated rings. The summed E-state index contributed by atoms with van der Waals surface area (Å²) in [5, 5.41) is 6.51. The van der Waals surface area contributed by atoms with Crippen molar-refractivity contribution in [2.24, 2.45) is 11.0 Å². The van der Waals surface area contributed by atoms with Crippen LogP contribution >= 0.6 is 15.9 Å². The number of methoxy groups -OCH3 is 1. The zero-order valence-electron chi connectivity index (χ0n) is 19.8. The molecular formula is C24H27BrFN3O6. The maximum absolute atomic E-state index is 13.9. The number of amides is 2. The number of benzene rings is 2. The molecule has 0 spiro atoms. The van der Waals surface area contributed by atoms with Crippen molar-refractivity contribution in [3.8, 4) is 11.5 Å². The average Bonchev–Trinajstić information content (AvgIpc) is 2.81. The minimum Gasteiger partial charge on any atom is -0.490 e. The molecule has 0 aliphatic rings. The lowest BCUT2D eigenvalue weighted by Crippen LogP contribution is -2.48. The maximum atomic E-state index is 13.9. The molecular weight excluding hydrogens is 525 g/mol. The fourth-order valence-corrected chi connectivity index (χ4v) is 3.47. The number of carbonyl (C=O) groups excluding carboxylic acids is 3. The second-order valence-corrected chi connectivity index (χ2v) is 8.39. The molecule has 2 amide bonds. The van der Waals surface area contributed by atoms with Crippen LogP contribution in [0.1, 0.15) is 36.7 Å². The van der Waals surface area contributed by atoms with Gasteiger partial charge in [-0.05, 0) is 58.6 Å². The molecule has 1 unspecified atom stereocenters. The fourth-order valence-electron chi connectivity index (χ4n) is 2.89. The lowest BCUT2D eigenvalue weighted by molar-refractivity contribution is -0.143. The van der Waals surface area contributed by atoms with Crippen LogP contribution in [-0.4, -0.2) is 50.4 Å². The van der Waals surface area contributed by atoms with Crippen molar-refractivity contribution in [2.45, 2.75) is 26.8 Å². The molecule has 0 heterocycles. The minimum atomic E-state index is -0.945. The molecule has 0 aliphatic heterocycles. The number of esters is 1. The van der Waals surface area contributed by atoms with Crippen molar-refractivity contribution in [1.82, 2.24) is 10.7 Å². The van der Waals surface area contributed by atoms with Crippen LogP contribution in [0.3, 0.4) is 0 Å². The number of nitrogens with one attached hydrogen (secondary N) is 2. The van der Waals surface area contributed by atoms with Gasteiger partial charge in [0.05, 0.1) is 30.0 Å². The smallest absolute Gasteiger partial charge is 0.343 e. The van der Waals surface area contributed by atoms with E-state index >= 15 is 0 Å². The minimum absolute atomic E-state index is 0.155. The van der Waals surface area contributed by atoms with E-state index < -0.39 is 29.6 Å². The van der Waals surface area contributed by atoms with Gasteiger partial charge in [-0.1, -0.05) is 26.0 Å². The molecule has 0 saturated carbocycles. The number of halogens is 2. The van der Waals surface area contributed by atoms with Crippen molar-refractivity contribution >= 4 is 39.9 Å². The van der Waals surface area contributed by atoms with E-state index in [1.165, 1.54) is 37.6 Å². The summed E-state index contributed by atoms with van der Waals surface area (Å²) in [6.45, 7) is 5.33. The zero-order valence-corrected chi connectivity index (χ0v) is 21.3. The number of hydrogen-bond acceptors (Lipinski definition) is 7. The van der Waals surface area contributed by atoms with E-state index in [1.807, 2.05) is 0 Å². The van der Waals surface area contributed by atoms with Gasteiger partial charge in [0, 0.05) is 0 Å². The number of rotatable bonds is 11. The second kappa shape index (κ2) is 13.4. The summed E-state index contributed by atoms with van der Waals surface area (Å²) < 4.78 is 30.0. The maximum Gasteiger partial charge on any atom is 0.343 e. The normalized spacial score (nSPS) is 11.7. The van der Waals surface area contributed by atoms with Gasteiger partial charge in [-0.15, -0.1) is 0 Å². The van der Waals surface area contributed by atoms with Gasteiger partial charge < -0.3 is 19.5 Å². The summed E-state index contributed by atoms with van der Waals surface area (Å²) >= 11 is 3.37. The van der Waals surface area contributed by atoms with Gasteiger partial charge in [0.1, 0.15) is 11.9 Å². The van der Waals surface area contributed by atoms with E-state index in [1.54, 1.807) is 32.9 Å². The molecule has 188 valence electrons. The van der Waals surface area contributed by atoms with Gasteiger partial charge in [-0.25, -0.2) is 14.6 Å². The van der Waals surface area contributed by atoms with Crippen LogP contribution in [0.4, 0.5) is 4.39 Å². The second-order valence-electron chi connectivity index (χ2n) is 7.54. The average molecular weight is 552 g/mol. The third-order valence-corrected chi connectivity index (χ3v) is 5.23. The number of hydrazone groups is 1. The molecule has 0 aromatic heterocycles. The van der Waals surface area contributed by atoms with Crippen molar-refractivity contribution in [1.29, 1.82) is 0 Å². The van der Waals surface area contributed by atoms with Crippen LogP contribution in [0.2, 0.25) is 0 Å². The van der Waals surface area contributed by atoms with Gasteiger partial charge in [0.25, 0.3) is 11.8 Å². The molecule has 0 saturated heterocycles. The summed E-state index contributed by atoms with van der Waals surface area (Å²) in [6.07, 6.45) is 1.38. The van der Waals surface area contributed by atoms with E-state index in [2.05, 4.69) is 36.5 Å². The molecule has 2 rings (SSSR count). The van der Waals surface area contributed by atoms with E-state index in [-0.39, 0.29) is 18.1 Å². The van der Waals surface area contributed by atoms with Crippen LogP contribution < -0.4 is 20.2 Å². The molecule has 35 heavy (non-hydrogen) atoms. The van der Waals surface area contributed by atoms with Crippen molar-refractivity contribution in [3.63, 3.8) is 0 Å². The SMILES string of the molecule is CCOc1cc(/C=N/NC(=O)C(NC(=O)c2ccccc2F)C(C)C)cc(Br)c1OCC(=O)OC. The fraction of sp³-hybridized carbons (Fsp3) is 0.333. The van der Waals surface area contributed by atoms with Gasteiger partial charge in [0.15, 0.2) is 18.1 Å². The molecule has 0 bridgehead atoms. The topological polar surface area (TPSA) is 115 Å². The van der Waals surface area contributed by atoms with E-state index in [9.17, 15) is 18.8 Å². The first-order valence-electron chi connectivity index (χ1n) is 10.7. The summed E-state index contributed by atoms with van der Waals surface area (Å²) in [6, 6.07) is 7.85. The standard InChI is InChI=1S/C24H27BrFN3O6/c1-5-34-19-11-15(10-17(25)22(19)35-13-20(30)33-4)12-27-29-24(32)21(14(2)3)28-23(31)16-8-6-7-9-18(16)26/h6-12,14,21H,5,13H2,1-4H3,(H,28,31)(H,29,32)/b27-12+. The quantitative estimate of drug-likeness (QED) is 0.251. The predicted octanol–water partition coefficient (Wildman–Crippen LogP) is 3.44. The summed E-state index contributed by atoms with van der Waals surface area (Å²) in [7, 11) is 1.26. The predicted molar refractivity (Wildman–Crippen MR) is 131 cm³/mol. The van der Waals surface area contributed by atoms with Crippen LogP contribution in [-0.2, 0) is 14.3 Å². The molecule has 0 aliphatic carbocycles. The highest BCUT2D eigenvalue weighted by molar-refractivity contribution is 9.10. The number of hydrogen-bond donors (Lipinski definition) is 2. The largest absolute Gasteiger partial charge is 0.490 e. The van der Waals surface area contributed by atoms with Gasteiger partial charge in [0.2, 0.25) is 0 Å². The molecule has 2 N–H and O–H groups in total. The Labute approximate surface area is 211 Å². The Morgan fingerprint density at radius 3 is 2.51 bits per heavy atom. The first-order chi connectivity index (χ1) is 16.7. The highest BCUT2D eigenvalue weighted by Gasteiger charge is 2.25. The van der Waals surface area contributed by atoms with E-state index in [4.69, 9.17) is 9.47 Å². The summed E-state index contributed by atoms with van der Waals surface area (Å²) in [5.74, 6) is -2.11. The Morgan fingerprint density at radius 1 is 1.17 bits per heavy atom. The molecule has 2 aromatic carbocycles. The van der Waals surface area contributed by atoms with Crippen molar-refractivity contribution in [3.05, 3.63) is 57.8 Å². The number of nitrogens with zero attached hydrogens (tertiary/aromatic N) is 1. The summed E-state index contributed by atoms with van der Waals surface area (Å²) in [5.41, 5.74) is 2.79. The highest BCUT2D eigenvalue weighted by Crippen LogP contribution is 2.36. The molecule has 9 nitrogen and oxygen atoms in total. The Morgan fingerprint density at radius 2 is 1.89 bits per heavy atom. The number of ether oxygens (including phenoxy) is 3. The third-order valence-electron chi connectivity index (χ3n) is 4.64. The van der Waals surface area contributed by atoms with Crippen molar-refractivity contribution < 1.29 is 33.0 Å². The highest BCUT2D eigenvalue weighted by atomic mass is 79.9. The van der Waals surface area contributed by atoms with Crippen LogP contribution in [0.15, 0.2) is 46.0 Å². The first-order valence-corrected chi connectivity index (χ1v) is 11.5. The lowest BCUT2D eigenvalue weighted by Gasteiger charge is -2.20. The Kier molecular flexibility index (Phi) is 10.7. The van der Waals surface area contributed by atoms with Crippen LogP contribution in [0.5, 0.6) is 11.5 Å². The van der Waals surface area contributed by atoms with Crippen LogP contribution in [0, 0.1) is 11.7 Å². The first kappa shape index (κ1) is 27.8. The molecule has 2 aromatic rings. The zero-order chi connectivity index (χ0) is 26.0. The third kappa shape index (κ3) is 8.06. The van der Waals surface area contributed by atoms with E-state index in [0.717, 1.165) is 0 Å². The Balaban J connectivity index is 2.12. The monoisotopic (exact) mass is 551 g/mol. The molecule has 1 atom stereocenters. The van der Waals surface area contributed by atoms with E-state index in [0.29, 0.717) is 28.1 Å². The molecule has 11 heteroatoms. The lowest BCUT2D eigenvalue weighted by atomic mass is 10.0. The van der Waals surface area contributed by atoms with Gasteiger partial charge >= 0.3 is 5.97 Å². The summed E-state index contributed by atoms with van der Waals surface area (Å²) in [4.78, 5) is 36.5. The molecule has 0 radical (unpaired) electrons. The number of carbonyl (C=O) groups is 3. The van der Waals surface area contributed by atoms with Crippen LogP contribution in [0.25, 0.3) is 0 Å².